The molecule has 0 aliphatic rings. The van der Waals surface area contributed by atoms with Crippen molar-refractivity contribution in [2.45, 2.75) is 63.6 Å². The third-order valence-electron chi connectivity index (χ3n) is 1.85. The molecule has 0 atom stereocenters. The van der Waals surface area contributed by atoms with E-state index in [1.54, 1.807) is 11.8 Å². The van der Waals surface area contributed by atoms with Crippen molar-refractivity contribution in [3.05, 3.63) is 0 Å². The summed E-state index contributed by atoms with van der Waals surface area (Å²) in [6.45, 7) is 11.8. The molecule has 0 bridgehead atoms. The summed E-state index contributed by atoms with van der Waals surface area (Å²) in [5.74, 6) is 0. The van der Waals surface area contributed by atoms with Crippen LogP contribution in [-0.2, 0) is 0 Å². The number of unbranched alkanes of at least 4 members (excludes halogenated alkanes) is 2. The molecule has 0 spiro atoms. The van der Waals surface area contributed by atoms with E-state index in [1.165, 1.54) is 19.3 Å². The molecule has 0 aliphatic heterocycles. The van der Waals surface area contributed by atoms with E-state index in [1.807, 2.05) is 13.8 Å². The lowest BCUT2D eigenvalue weighted by Crippen LogP contribution is -2.43. The van der Waals surface area contributed by atoms with E-state index in [4.69, 9.17) is 5.73 Å². The smallest absolute Gasteiger partial charge is 0.0606 e. The van der Waals surface area contributed by atoms with E-state index < -0.39 is 0 Å². The molecule has 2 nitrogen and oxygen atoms in total. The van der Waals surface area contributed by atoms with Crippen molar-refractivity contribution in [1.29, 1.82) is 0 Å². The normalized spacial score (nSPS) is 13.3. The molecule has 14 heavy (non-hydrogen) atoms. The van der Waals surface area contributed by atoms with Gasteiger partial charge in [-0.05, 0) is 40.7 Å². The van der Waals surface area contributed by atoms with Crippen LogP contribution >= 0.6 is 11.8 Å². The Kier molecular flexibility index (Phi) is 6.10. The third-order valence-corrected chi connectivity index (χ3v) is 3.03. The fraction of sp³-hybridized carbons (Fsp3) is 1.00. The molecule has 0 fully saturated rings. The Bertz CT molecular complexity index is 150. The highest BCUT2D eigenvalue weighted by molar-refractivity contribution is 8.01. The summed E-state index contributed by atoms with van der Waals surface area (Å²) >= 11 is 1.78. The Morgan fingerprint density at radius 3 is 2.14 bits per heavy atom. The Hall–Kier alpha value is 0.270. The SMILES string of the molecule is CCCCCNC(C)(C)SC(C)(C)N. The van der Waals surface area contributed by atoms with E-state index in [2.05, 4.69) is 26.1 Å². The molecule has 0 aromatic carbocycles. The minimum Gasteiger partial charge on any atom is -0.317 e. The van der Waals surface area contributed by atoms with E-state index in [0.717, 1.165) is 6.54 Å². The Morgan fingerprint density at radius 2 is 1.71 bits per heavy atom. The Morgan fingerprint density at radius 1 is 1.14 bits per heavy atom. The summed E-state index contributed by atoms with van der Waals surface area (Å²) in [5.41, 5.74) is 5.97. The van der Waals surface area contributed by atoms with Crippen molar-refractivity contribution in [2.24, 2.45) is 5.73 Å². The number of thioether (sulfide) groups is 1. The lowest BCUT2D eigenvalue weighted by atomic mass is 10.2. The minimum absolute atomic E-state index is 0.0754. The summed E-state index contributed by atoms with van der Waals surface area (Å²) in [6, 6.07) is 0. The molecule has 0 amide bonds. The number of hydrogen-bond acceptors (Lipinski definition) is 3. The van der Waals surface area contributed by atoms with Crippen molar-refractivity contribution in [3.8, 4) is 0 Å². The maximum atomic E-state index is 5.97. The van der Waals surface area contributed by atoms with Gasteiger partial charge in [-0.2, -0.15) is 0 Å². The Balaban J connectivity index is 3.72. The van der Waals surface area contributed by atoms with Crippen LogP contribution in [0, 0.1) is 0 Å². The summed E-state index contributed by atoms with van der Waals surface area (Å²) in [4.78, 5) is -0.0900. The highest BCUT2D eigenvalue weighted by Gasteiger charge is 2.25. The van der Waals surface area contributed by atoms with E-state index in [9.17, 15) is 0 Å². The van der Waals surface area contributed by atoms with E-state index in [-0.39, 0.29) is 9.74 Å². The van der Waals surface area contributed by atoms with Gasteiger partial charge >= 0.3 is 0 Å². The quantitative estimate of drug-likeness (QED) is 0.510. The second-order valence-corrected chi connectivity index (χ2v) is 7.13. The van der Waals surface area contributed by atoms with Gasteiger partial charge in [-0.15, -0.1) is 11.8 Å². The maximum Gasteiger partial charge on any atom is 0.0606 e. The molecule has 0 radical (unpaired) electrons. The van der Waals surface area contributed by atoms with Gasteiger partial charge < -0.3 is 11.1 Å². The van der Waals surface area contributed by atoms with Crippen molar-refractivity contribution < 1.29 is 0 Å². The van der Waals surface area contributed by atoms with Gasteiger partial charge in [-0.3, -0.25) is 0 Å². The predicted octanol–water partition coefficient (Wildman–Crippen LogP) is 2.93. The zero-order chi connectivity index (χ0) is 11.2. The second kappa shape index (κ2) is 5.99. The summed E-state index contributed by atoms with van der Waals surface area (Å²) < 4.78 is 0. The second-order valence-electron chi connectivity index (χ2n) is 4.85. The van der Waals surface area contributed by atoms with E-state index in [0.29, 0.717) is 0 Å². The van der Waals surface area contributed by atoms with Crippen LogP contribution in [0.4, 0.5) is 0 Å². The molecule has 0 aromatic rings. The summed E-state index contributed by atoms with van der Waals surface area (Å²) in [7, 11) is 0. The first kappa shape index (κ1) is 14.3. The topological polar surface area (TPSA) is 38.0 Å². The fourth-order valence-electron chi connectivity index (χ4n) is 1.46. The van der Waals surface area contributed by atoms with Crippen molar-refractivity contribution in [1.82, 2.24) is 5.32 Å². The largest absolute Gasteiger partial charge is 0.317 e. The molecule has 0 unspecified atom stereocenters. The van der Waals surface area contributed by atoms with Gasteiger partial charge in [0.25, 0.3) is 0 Å². The molecule has 86 valence electrons. The standard InChI is InChI=1S/C11H26N2S/c1-6-7-8-9-13-11(4,5)14-10(2,3)12/h13H,6-9,12H2,1-5H3. The lowest BCUT2D eigenvalue weighted by molar-refractivity contribution is 0.512. The van der Waals surface area contributed by atoms with Gasteiger partial charge in [-0.25, -0.2) is 0 Å². The average molecular weight is 218 g/mol. The lowest BCUT2D eigenvalue weighted by Gasteiger charge is -2.32. The molecular weight excluding hydrogens is 192 g/mol. The number of rotatable bonds is 7. The third kappa shape index (κ3) is 8.85. The van der Waals surface area contributed by atoms with Gasteiger partial charge in [0.1, 0.15) is 0 Å². The molecule has 0 saturated carbocycles. The van der Waals surface area contributed by atoms with Crippen LogP contribution in [0.25, 0.3) is 0 Å². The van der Waals surface area contributed by atoms with E-state index >= 15 is 0 Å². The molecular formula is C11H26N2S. The summed E-state index contributed by atoms with van der Waals surface area (Å²) in [6.07, 6.45) is 3.84. The van der Waals surface area contributed by atoms with Crippen LogP contribution in [0.2, 0.25) is 0 Å². The molecule has 0 aliphatic carbocycles. The van der Waals surface area contributed by atoms with Gasteiger partial charge in [0.2, 0.25) is 0 Å². The average Bonchev–Trinajstić information content (AvgIpc) is 1.93. The molecule has 0 aromatic heterocycles. The number of hydrogen-bond donors (Lipinski definition) is 2. The van der Waals surface area contributed by atoms with Crippen molar-refractivity contribution in [3.63, 3.8) is 0 Å². The highest BCUT2D eigenvalue weighted by atomic mass is 32.2. The van der Waals surface area contributed by atoms with Crippen LogP contribution < -0.4 is 11.1 Å². The van der Waals surface area contributed by atoms with Gasteiger partial charge in [0, 0.05) is 0 Å². The first-order chi connectivity index (χ1) is 6.27. The van der Waals surface area contributed by atoms with Gasteiger partial charge in [0.15, 0.2) is 0 Å². The monoisotopic (exact) mass is 218 g/mol. The first-order valence-electron chi connectivity index (χ1n) is 5.51. The fourth-order valence-corrected chi connectivity index (χ4v) is 2.95. The molecule has 0 heterocycles. The van der Waals surface area contributed by atoms with Gasteiger partial charge in [-0.1, -0.05) is 19.8 Å². The zero-order valence-corrected chi connectivity index (χ0v) is 11.1. The molecule has 3 N–H and O–H groups in total. The van der Waals surface area contributed by atoms with Crippen molar-refractivity contribution in [2.75, 3.05) is 6.54 Å². The number of nitrogens with one attached hydrogen (secondary N) is 1. The first-order valence-corrected chi connectivity index (χ1v) is 6.32. The molecule has 3 heteroatoms. The maximum absolute atomic E-state index is 5.97. The number of nitrogens with two attached hydrogens (primary N) is 1. The Labute approximate surface area is 93.4 Å². The molecule has 0 rings (SSSR count). The molecule has 0 saturated heterocycles. The zero-order valence-electron chi connectivity index (χ0n) is 10.3. The van der Waals surface area contributed by atoms with Crippen LogP contribution in [0.15, 0.2) is 0 Å². The minimum atomic E-state index is -0.165. The van der Waals surface area contributed by atoms with Crippen LogP contribution in [0.1, 0.15) is 53.9 Å². The summed E-state index contributed by atoms with van der Waals surface area (Å²) in [5, 5.41) is 3.53. The van der Waals surface area contributed by atoms with Gasteiger partial charge in [0.05, 0.1) is 9.74 Å². The van der Waals surface area contributed by atoms with Crippen LogP contribution in [0.5, 0.6) is 0 Å². The van der Waals surface area contributed by atoms with Crippen molar-refractivity contribution >= 4 is 11.8 Å². The predicted molar refractivity (Wildman–Crippen MR) is 67.5 cm³/mol. The van der Waals surface area contributed by atoms with Crippen LogP contribution in [0.3, 0.4) is 0 Å². The highest BCUT2D eigenvalue weighted by Crippen LogP contribution is 2.30. The van der Waals surface area contributed by atoms with Crippen LogP contribution in [-0.4, -0.2) is 16.3 Å².